The third-order valence-corrected chi connectivity index (χ3v) is 7.14. The van der Waals surface area contributed by atoms with E-state index in [1.165, 1.54) is 31.0 Å². The smallest absolute Gasteiger partial charge is 0.233 e. The van der Waals surface area contributed by atoms with Gasteiger partial charge in [0.05, 0.1) is 19.4 Å². The van der Waals surface area contributed by atoms with Crippen LogP contribution < -0.4 is 10.1 Å². The Bertz CT molecular complexity index is 1070. The Morgan fingerprint density at radius 2 is 1.91 bits per heavy atom. The molecule has 1 aromatic heterocycles. The third kappa shape index (κ3) is 6.32. The largest absolute Gasteiger partial charge is 0.497 e. The SMILES string of the molecule is COc1cccc(NCc2nnc(SCC(=O)N(C)Cc3ccccc3)n2C2CCCCC2)c1. The lowest BCUT2D eigenvalue weighted by atomic mass is 9.95. The number of anilines is 1. The molecular formula is C26H33N5O2S. The lowest BCUT2D eigenvalue weighted by Gasteiger charge is -2.26. The van der Waals surface area contributed by atoms with Crippen LogP contribution in [-0.4, -0.2) is 45.5 Å². The zero-order valence-corrected chi connectivity index (χ0v) is 20.8. The van der Waals surface area contributed by atoms with Gasteiger partial charge in [-0.25, -0.2) is 0 Å². The topological polar surface area (TPSA) is 72.3 Å². The molecule has 0 saturated heterocycles. The van der Waals surface area contributed by atoms with Gasteiger partial charge in [-0.3, -0.25) is 4.79 Å². The van der Waals surface area contributed by atoms with Crippen LogP contribution in [0.25, 0.3) is 0 Å². The van der Waals surface area contributed by atoms with Crippen LogP contribution >= 0.6 is 11.8 Å². The van der Waals surface area contributed by atoms with Gasteiger partial charge in [0, 0.05) is 31.4 Å². The summed E-state index contributed by atoms with van der Waals surface area (Å²) in [5.41, 5.74) is 2.10. The number of thioether (sulfide) groups is 1. The minimum Gasteiger partial charge on any atom is -0.497 e. The van der Waals surface area contributed by atoms with E-state index in [4.69, 9.17) is 4.74 Å². The number of hydrogen-bond donors (Lipinski definition) is 1. The van der Waals surface area contributed by atoms with E-state index in [-0.39, 0.29) is 5.91 Å². The minimum absolute atomic E-state index is 0.0862. The molecule has 1 amide bonds. The molecule has 1 saturated carbocycles. The van der Waals surface area contributed by atoms with Crippen molar-refractivity contribution in [3.63, 3.8) is 0 Å². The highest BCUT2D eigenvalue weighted by molar-refractivity contribution is 7.99. The predicted octanol–water partition coefficient (Wildman–Crippen LogP) is 5.15. The summed E-state index contributed by atoms with van der Waals surface area (Å²) in [5, 5.41) is 13.3. The first-order chi connectivity index (χ1) is 16.6. The van der Waals surface area contributed by atoms with Crippen molar-refractivity contribution in [3.8, 4) is 5.75 Å². The van der Waals surface area contributed by atoms with Gasteiger partial charge in [-0.05, 0) is 30.5 Å². The predicted molar refractivity (Wildman–Crippen MR) is 136 cm³/mol. The average molecular weight is 480 g/mol. The summed E-state index contributed by atoms with van der Waals surface area (Å²) in [4.78, 5) is 14.6. The molecule has 0 bridgehead atoms. The molecule has 0 spiro atoms. The van der Waals surface area contributed by atoms with E-state index >= 15 is 0 Å². The monoisotopic (exact) mass is 479 g/mol. The fourth-order valence-corrected chi connectivity index (χ4v) is 5.29. The molecule has 34 heavy (non-hydrogen) atoms. The molecule has 180 valence electrons. The normalized spacial score (nSPS) is 14.1. The van der Waals surface area contributed by atoms with Crippen molar-refractivity contribution >= 4 is 23.4 Å². The summed E-state index contributed by atoms with van der Waals surface area (Å²) in [7, 11) is 3.52. The Morgan fingerprint density at radius 3 is 2.68 bits per heavy atom. The zero-order valence-electron chi connectivity index (χ0n) is 19.9. The van der Waals surface area contributed by atoms with Gasteiger partial charge in [-0.15, -0.1) is 10.2 Å². The number of benzene rings is 2. The number of aromatic nitrogens is 3. The van der Waals surface area contributed by atoms with Gasteiger partial charge in [0.15, 0.2) is 11.0 Å². The maximum Gasteiger partial charge on any atom is 0.233 e. The Morgan fingerprint density at radius 1 is 1.12 bits per heavy atom. The third-order valence-electron chi connectivity index (χ3n) is 6.21. The lowest BCUT2D eigenvalue weighted by molar-refractivity contribution is -0.127. The molecule has 2 aromatic carbocycles. The summed E-state index contributed by atoms with van der Waals surface area (Å²) in [6.45, 7) is 1.17. The molecule has 0 unspecified atom stereocenters. The number of nitrogens with zero attached hydrogens (tertiary/aromatic N) is 4. The van der Waals surface area contributed by atoms with Gasteiger partial charge in [-0.2, -0.15) is 0 Å². The van der Waals surface area contributed by atoms with Crippen LogP contribution in [0.1, 0.15) is 49.5 Å². The van der Waals surface area contributed by atoms with Crippen molar-refractivity contribution in [2.24, 2.45) is 0 Å². The van der Waals surface area contributed by atoms with Crippen molar-refractivity contribution in [3.05, 3.63) is 66.0 Å². The van der Waals surface area contributed by atoms with E-state index < -0.39 is 0 Å². The molecule has 7 nitrogen and oxygen atoms in total. The molecule has 1 fully saturated rings. The number of methoxy groups -OCH3 is 1. The van der Waals surface area contributed by atoms with E-state index in [2.05, 4.69) is 20.1 Å². The number of carbonyl (C=O) groups excluding carboxylic acids is 1. The maximum atomic E-state index is 12.8. The summed E-state index contributed by atoms with van der Waals surface area (Å²) < 4.78 is 7.59. The van der Waals surface area contributed by atoms with Gasteiger partial charge in [0.25, 0.3) is 0 Å². The zero-order chi connectivity index (χ0) is 23.8. The molecular weight excluding hydrogens is 446 g/mol. The minimum atomic E-state index is 0.0862. The molecule has 1 aliphatic rings. The first-order valence-electron chi connectivity index (χ1n) is 11.9. The highest BCUT2D eigenvalue weighted by atomic mass is 32.2. The van der Waals surface area contributed by atoms with Gasteiger partial charge in [-0.1, -0.05) is 67.4 Å². The lowest BCUT2D eigenvalue weighted by Crippen LogP contribution is -2.28. The maximum absolute atomic E-state index is 12.8. The van der Waals surface area contributed by atoms with Crippen molar-refractivity contribution in [1.82, 2.24) is 19.7 Å². The Hall–Kier alpha value is -3.00. The van der Waals surface area contributed by atoms with Crippen molar-refractivity contribution in [2.45, 2.75) is 56.4 Å². The Balaban J connectivity index is 1.43. The van der Waals surface area contributed by atoms with E-state index in [0.717, 1.165) is 40.8 Å². The van der Waals surface area contributed by atoms with Crippen LogP contribution in [-0.2, 0) is 17.9 Å². The van der Waals surface area contributed by atoms with Crippen LogP contribution in [0.2, 0.25) is 0 Å². The van der Waals surface area contributed by atoms with E-state index in [0.29, 0.717) is 24.9 Å². The molecule has 0 aliphatic heterocycles. The second-order valence-corrected chi connectivity index (χ2v) is 9.61. The van der Waals surface area contributed by atoms with E-state index in [9.17, 15) is 4.79 Å². The molecule has 4 rings (SSSR count). The number of hydrogen-bond acceptors (Lipinski definition) is 6. The fourth-order valence-electron chi connectivity index (χ4n) is 4.33. The molecule has 1 N–H and O–H groups in total. The van der Waals surface area contributed by atoms with Gasteiger partial charge in [0.2, 0.25) is 5.91 Å². The van der Waals surface area contributed by atoms with E-state index in [1.807, 2.05) is 61.6 Å². The first kappa shape index (κ1) is 24.1. The highest BCUT2D eigenvalue weighted by Crippen LogP contribution is 2.33. The van der Waals surface area contributed by atoms with Gasteiger partial charge >= 0.3 is 0 Å². The van der Waals surface area contributed by atoms with Crippen LogP contribution in [0.15, 0.2) is 59.8 Å². The van der Waals surface area contributed by atoms with Crippen LogP contribution in [0.4, 0.5) is 5.69 Å². The van der Waals surface area contributed by atoms with Crippen molar-refractivity contribution < 1.29 is 9.53 Å². The van der Waals surface area contributed by atoms with Gasteiger partial charge in [0.1, 0.15) is 5.75 Å². The standard InChI is InChI=1S/C26H33N5O2S/c1-30(18-20-10-5-3-6-11-20)25(32)19-34-26-29-28-24(31(26)22-13-7-4-8-14-22)17-27-21-12-9-15-23(16-21)33-2/h3,5-6,9-12,15-16,22,27H,4,7-8,13-14,17-19H2,1-2H3. The van der Waals surface area contributed by atoms with Crippen LogP contribution in [0, 0.1) is 0 Å². The average Bonchev–Trinajstić information content (AvgIpc) is 3.30. The van der Waals surface area contributed by atoms with Crippen LogP contribution in [0.5, 0.6) is 5.75 Å². The van der Waals surface area contributed by atoms with Gasteiger partial charge < -0.3 is 19.5 Å². The fraction of sp³-hybridized carbons (Fsp3) is 0.423. The number of rotatable bonds is 10. The molecule has 1 aliphatic carbocycles. The summed E-state index contributed by atoms with van der Waals surface area (Å²) in [5.74, 6) is 2.15. The molecule has 0 radical (unpaired) electrons. The summed E-state index contributed by atoms with van der Waals surface area (Å²) in [6.07, 6.45) is 5.96. The summed E-state index contributed by atoms with van der Waals surface area (Å²) in [6, 6.07) is 18.3. The molecule has 3 aromatic rings. The Kier molecular flexibility index (Phi) is 8.46. The number of nitrogens with one attached hydrogen (secondary N) is 1. The summed E-state index contributed by atoms with van der Waals surface area (Å²) >= 11 is 1.49. The van der Waals surface area contributed by atoms with Crippen molar-refractivity contribution in [1.29, 1.82) is 0 Å². The molecule has 0 atom stereocenters. The van der Waals surface area contributed by atoms with E-state index in [1.54, 1.807) is 12.0 Å². The quantitative estimate of drug-likeness (QED) is 0.405. The number of ether oxygens (including phenoxy) is 1. The number of carbonyl (C=O) groups is 1. The molecule has 8 heteroatoms. The van der Waals surface area contributed by atoms with Crippen molar-refractivity contribution in [2.75, 3.05) is 25.2 Å². The Labute approximate surface area is 205 Å². The second-order valence-electron chi connectivity index (χ2n) is 8.67. The second kappa shape index (κ2) is 11.9. The number of amides is 1. The highest BCUT2D eigenvalue weighted by Gasteiger charge is 2.24. The molecule has 1 heterocycles. The first-order valence-corrected chi connectivity index (χ1v) is 12.8. The van der Waals surface area contributed by atoms with Crippen LogP contribution in [0.3, 0.4) is 0 Å².